The van der Waals surface area contributed by atoms with Gasteiger partial charge in [-0.3, -0.25) is 24.9 Å². The summed E-state index contributed by atoms with van der Waals surface area (Å²) < 4.78 is 63.2. The van der Waals surface area contributed by atoms with Gasteiger partial charge in [-0.25, -0.2) is 19.6 Å². The Hall–Kier alpha value is -12.7. The molecule has 3 aliphatic rings. The van der Waals surface area contributed by atoms with E-state index in [1.54, 1.807) is 98.0 Å². The molecule has 9 aromatic heterocycles. The van der Waals surface area contributed by atoms with Gasteiger partial charge in [0.2, 0.25) is 0 Å². The van der Waals surface area contributed by atoms with Gasteiger partial charge in [-0.15, -0.1) is 10.4 Å². The minimum atomic E-state index is -0.476. The molecule has 6 N–H and O–H groups in total. The van der Waals surface area contributed by atoms with E-state index < -0.39 is 14.0 Å². The number of phenols is 1. The van der Waals surface area contributed by atoms with Crippen molar-refractivity contribution in [3.8, 4) is 69.5 Å². The standard InChI is InChI=1S/C21H20N4O.C20H16N6O.C19H24BNO3.C13H12BrNO.C12H24B2O4.C8H8ClN3.C7H7BrO.C6H7NO.HNO2.Na/c1-3-16-11-18(25-19(12-22)21(16)23)17-4-5-20(14(2)10-17)26-13-15-6-8-24-9-7-15;1-13-9-15(3-4-19(13)27-12-14-5-7-22-8-6-14)16-10-18-20(17(11-21)23-16)24-25-26(18)2;1-14-12-16(20-23-18(2,3)19(4,5)24-20)6-7-17(14)22-13-15-8-10-21-11-9-15;1-10-8-12(14)2-3-13(10)16-9-11-4-6-15-7-5-11;1-9(2)10(3,4)16-13(15-9)14-17-11(5,6)12(7,8)18-14;1-2-5-3-7(9)12-6(4-10)8(5)11;1-5-4-6(8)2-3-7(5)9;8-5-6-1-3-7-4-2-6;2-1-3;/h4-11H,3,13,23H2,1-2H3;3-10H,12H2,1-2H3;6-12H,13H2,1-5H3;2-8H,9H2,1H3;1-8H3;3H,2,11H2,1H3;2-4,9H,1H3;1-4,8H,5H2;(H,2,3);/q;;;;;;;;;+1/p-1. The fourth-order valence-corrected chi connectivity index (χ4v) is 14.9. The van der Waals surface area contributed by atoms with Crippen LogP contribution in [0.15, 0.2) is 246 Å². The maximum absolute atomic E-state index is 9.38. The number of fused-ring (bicyclic) bond motifs is 1. The first-order valence-electron chi connectivity index (χ1n) is 45.7. The van der Waals surface area contributed by atoms with Crippen LogP contribution in [0.25, 0.3) is 33.5 Å². The van der Waals surface area contributed by atoms with E-state index >= 15 is 0 Å². The summed E-state index contributed by atoms with van der Waals surface area (Å²) in [5.41, 5.74) is 28.9. The van der Waals surface area contributed by atoms with Gasteiger partial charge in [-0.1, -0.05) is 74.7 Å². The fourth-order valence-electron chi connectivity index (χ4n) is 13.7. The van der Waals surface area contributed by atoms with Crippen LogP contribution in [0.2, 0.25) is 5.15 Å². The largest absolute Gasteiger partial charge is 1.00 e. The molecule has 0 radical (unpaired) electrons. The summed E-state index contributed by atoms with van der Waals surface area (Å²) in [5, 5.41) is 62.1. The molecule has 0 amide bonds. The molecule has 0 saturated carbocycles. The fraction of sp³-hybridized carbons (Fsp3) is 0.311. The van der Waals surface area contributed by atoms with Crippen LogP contribution in [0.1, 0.15) is 181 Å². The van der Waals surface area contributed by atoms with E-state index in [1.807, 2.05) is 249 Å². The van der Waals surface area contributed by atoms with Crippen LogP contribution in [0.4, 0.5) is 11.4 Å². The quantitative estimate of drug-likeness (QED) is 0.0253. The smallest absolute Gasteiger partial charge is 0.508 e. The number of hydrogen-bond acceptors (Lipinski definition) is 30. The molecule has 3 fully saturated rings. The number of pyridine rings is 8. The van der Waals surface area contributed by atoms with Crippen LogP contribution in [0, 0.1) is 78.7 Å². The molecular weight excluding hydrogens is 1990 g/mol. The maximum Gasteiger partial charge on any atom is 1.00 e. The first-order valence-corrected chi connectivity index (χ1v) is 47.7. The number of nitrogen functional groups attached to an aromatic ring is 2. The number of halogens is 3. The van der Waals surface area contributed by atoms with Crippen LogP contribution >= 0.6 is 43.5 Å². The van der Waals surface area contributed by atoms with Gasteiger partial charge in [0.1, 0.15) is 84.1 Å². The van der Waals surface area contributed by atoms with Crippen molar-refractivity contribution in [1.82, 2.24) is 54.9 Å². The first-order chi connectivity index (χ1) is 67.9. The zero-order valence-corrected chi connectivity index (χ0v) is 90.8. The van der Waals surface area contributed by atoms with Gasteiger partial charge < -0.3 is 78.7 Å². The Bertz CT molecular complexity index is 6620. The van der Waals surface area contributed by atoms with E-state index in [1.165, 1.54) is 0 Å². The number of nitrogens with two attached hydrogens (primary N) is 2. The van der Waals surface area contributed by atoms with E-state index in [0.29, 0.717) is 59.9 Å². The molecule has 5 aromatic carbocycles. The van der Waals surface area contributed by atoms with E-state index in [9.17, 15) is 10.5 Å². The molecule has 14 aromatic rings. The van der Waals surface area contributed by atoms with Crippen molar-refractivity contribution in [3.63, 3.8) is 0 Å². The van der Waals surface area contributed by atoms with Crippen LogP contribution in [0.5, 0.6) is 28.7 Å². The molecule has 742 valence electrons. The van der Waals surface area contributed by atoms with Crippen molar-refractivity contribution in [2.24, 2.45) is 12.4 Å². The number of aryl methyl sites for hydroxylation is 8. The number of nitriles is 3. The van der Waals surface area contributed by atoms with E-state index in [4.69, 9.17) is 95.5 Å². The molecule has 0 unspecified atom stereocenters. The Balaban J connectivity index is 0.000000205. The SMILES string of the molecule is CC1(C)OB(B2OC(C)(C)C(C)(C)O2)OC1(C)C.CCc1cc(-c2ccc(OCc3ccncc3)c(C)c2)nc(C#N)c1N.CCc1cc(Cl)nc(C#N)c1N.Cc1cc(-c2cc3c(nnn3C)c(C#N)n2)ccc1OCc1ccncc1.Cc1cc(B2OC(C)(C)C(C)(C)O2)ccc1OCc1ccncc1.Cc1cc(Br)ccc1O.Cc1cc(Br)ccc1OCc1ccncc1.O=N[O-].OCc1ccncc1.[Na+]. The molecule has 0 bridgehead atoms. The number of aromatic nitrogens is 11. The van der Waals surface area contributed by atoms with E-state index in [0.717, 1.165) is 145 Å². The van der Waals surface area contributed by atoms with Crippen molar-refractivity contribution in [3.05, 3.63) is 340 Å². The number of aliphatic hydroxyl groups is 1. The summed E-state index contributed by atoms with van der Waals surface area (Å²) in [6.07, 6.45) is 18.9. The second-order valence-corrected chi connectivity index (χ2v) is 38.3. The topological polar surface area (TPSA) is 442 Å². The predicted molar refractivity (Wildman–Crippen MR) is 564 cm³/mol. The van der Waals surface area contributed by atoms with Crippen molar-refractivity contribution in [2.75, 3.05) is 11.5 Å². The van der Waals surface area contributed by atoms with Crippen LogP contribution in [-0.4, -0.2) is 120 Å². The molecule has 12 heterocycles. The van der Waals surface area contributed by atoms with Gasteiger partial charge in [0.05, 0.1) is 68.5 Å². The molecule has 3 saturated heterocycles. The van der Waals surface area contributed by atoms with Gasteiger partial charge in [0.15, 0.2) is 17.1 Å². The monoisotopic (exact) mass is 2100 g/mol. The van der Waals surface area contributed by atoms with Crippen molar-refractivity contribution in [1.29, 1.82) is 15.8 Å². The van der Waals surface area contributed by atoms with Crippen LogP contribution in [0.3, 0.4) is 0 Å². The Morgan fingerprint density at radius 2 is 0.764 bits per heavy atom. The predicted octanol–water partition coefficient (Wildman–Crippen LogP) is 18.5. The summed E-state index contributed by atoms with van der Waals surface area (Å²) in [7, 11) is 0.497. The minimum Gasteiger partial charge on any atom is -0.508 e. The number of ether oxygens (including phenoxy) is 4. The first kappa shape index (κ1) is 117. The molecule has 0 atom stereocenters. The number of nitrogens with zero attached hydrogens (tertiary/aromatic N) is 15. The van der Waals surface area contributed by atoms with Gasteiger partial charge in [-0.05, 0) is 360 Å². The third-order valence-electron chi connectivity index (χ3n) is 24.2. The summed E-state index contributed by atoms with van der Waals surface area (Å²) in [5.74, 6) is 3.75. The van der Waals surface area contributed by atoms with Gasteiger partial charge in [0, 0.05) is 89.1 Å². The zero-order valence-electron chi connectivity index (χ0n) is 84.9. The van der Waals surface area contributed by atoms with Crippen molar-refractivity contribution in [2.45, 2.75) is 211 Å². The number of rotatable bonds is 19. The number of hydrogen-bond donors (Lipinski definition) is 4. The Labute approximate surface area is 887 Å². The van der Waals surface area contributed by atoms with E-state index in [-0.39, 0.29) is 94.0 Å². The summed E-state index contributed by atoms with van der Waals surface area (Å²) in [6, 6.07) is 59.8. The Kier molecular flexibility index (Phi) is 44.0. The Morgan fingerprint density at radius 1 is 0.444 bits per heavy atom. The molecule has 0 spiro atoms. The molecule has 17 rings (SSSR count). The number of benzene rings is 5. The number of anilines is 2. The average molecular weight is 2100 g/mol. The van der Waals surface area contributed by atoms with Crippen molar-refractivity contribution < 1.29 is 86.6 Å². The Morgan fingerprint density at radius 3 is 1.10 bits per heavy atom. The molecule has 144 heavy (non-hydrogen) atoms. The number of aliphatic hydroxyl groups excluding tert-OH is 1. The molecular formula is C106H118B3Br2ClN17NaO14. The molecule has 3 aliphatic heterocycles. The van der Waals surface area contributed by atoms with Gasteiger partial charge in [0.25, 0.3) is 0 Å². The van der Waals surface area contributed by atoms with Crippen LogP contribution in [-0.2, 0) is 80.8 Å². The number of aromatic hydroxyl groups is 1. The molecule has 0 aliphatic carbocycles. The third-order valence-corrected chi connectivity index (χ3v) is 25.4. The summed E-state index contributed by atoms with van der Waals surface area (Å²) in [6.45, 7) is 40.5. The summed E-state index contributed by atoms with van der Waals surface area (Å²) >= 11 is 12.4. The zero-order chi connectivity index (χ0) is 105. The van der Waals surface area contributed by atoms with Gasteiger partial charge in [-0.2, -0.15) is 15.8 Å². The normalized spacial score (nSPS) is 14.1. The third kappa shape index (κ3) is 32.9. The molecule has 38 heteroatoms. The number of phenolic OH excluding ortho intramolecular Hbond substituents is 1. The second kappa shape index (κ2) is 54.3. The van der Waals surface area contributed by atoms with Crippen molar-refractivity contribution >= 4 is 92.5 Å². The maximum atomic E-state index is 9.38. The molecule has 31 nitrogen and oxygen atoms in total. The van der Waals surface area contributed by atoms with Crippen LogP contribution < -0.4 is 65.4 Å². The van der Waals surface area contributed by atoms with Gasteiger partial charge >= 0.3 is 50.7 Å². The average Bonchev–Trinajstić information content (AvgIpc) is 1.59. The summed E-state index contributed by atoms with van der Waals surface area (Å²) in [4.78, 5) is 40.4. The van der Waals surface area contributed by atoms with E-state index in [2.05, 4.69) is 128 Å². The minimum absolute atomic E-state index is 0. The second-order valence-electron chi connectivity index (χ2n) is 36.1.